The van der Waals surface area contributed by atoms with Crippen LogP contribution in [0.25, 0.3) is 0 Å². The summed E-state index contributed by atoms with van der Waals surface area (Å²) in [5.41, 5.74) is 4.42. The molecular formula is C16H20N4. The van der Waals surface area contributed by atoms with E-state index in [9.17, 15) is 0 Å². The fourth-order valence-electron chi connectivity index (χ4n) is 1.84. The lowest BCUT2D eigenvalue weighted by Crippen LogP contribution is -2.05. The first-order chi connectivity index (χ1) is 9.58. The minimum Gasteiger partial charge on any atom is -0.366 e. The number of hydrogen-bond acceptors (Lipinski definition) is 4. The predicted molar refractivity (Wildman–Crippen MR) is 84.7 cm³/mol. The number of aryl methyl sites for hydroxylation is 3. The highest BCUT2D eigenvalue weighted by Gasteiger charge is 2.03. The lowest BCUT2D eigenvalue weighted by molar-refractivity contribution is 1.09. The van der Waals surface area contributed by atoms with Crippen molar-refractivity contribution in [3.05, 3.63) is 53.7 Å². The Bertz CT molecular complexity index is 620. The summed E-state index contributed by atoms with van der Waals surface area (Å²) >= 11 is 0. The summed E-state index contributed by atoms with van der Waals surface area (Å²) in [5, 5.41) is 6.41. The molecule has 0 aliphatic rings. The van der Waals surface area contributed by atoms with Gasteiger partial charge >= 0.3 is 0 Å². The number of nitrogens with zero attached hydrogens (tertiary/aromatic N) is 2. The Labute approximate surface area is 120 Å². The van der Waals surface area contributed by atoms with Gasteiger partial charge < -0.3 is 10.6 Å². The van der Waals surface area contributed by atoms with E-state index in [1.165, 1.54) is 11.1 Å². The number of nitrogens with one attached hydrogen (secondary N) is 2. The zero-order chi connectivity index (χ0) is 14.5. The van der Waals surface area contributed by atoms with Crippen molar-refractivity contribution in [3.8, 4) is 0 Å². The quantitative estimate of drug-likeness (QED) is 0.811. The van der Waals surface area contributed by atoms with Crippen LogP contribution in [0.1, 0.15) is 16.8 Å². The smallest absolute Gasteiger partial charge is 0.229 e. The van der Waals surface area contributed by atoms with Gasteiger partial charge in [-0.25, -0.2) is 4.98 Å². The van der Waals surface area contributed by atoms with E-state index in [-0.39, 0.29) is 0 Å². The van der Waals surface area contributed by atoms with E-state index < -0.39 is 0 Å². The minimum absolute atomic E-state index is 0.597. The van der Waals surface area contributed by atoms with Crippen LogP contribution in [-0.2, 0) is 0 Å². The first kappa shape index (κ1) is 14.1. The number of aromatic nitrogens is 2. The second kappa shape index (κ2) is 6.19. The van der Waals surface area contributed by atoms with Gasteiger partial charge in [-0.15, -0.1) is 6.58 Å². The Morgan fingerprint density at radius 3 is 2.60 bits per heavy atom. The van der Waals surface area contributed by atoms with E-state index >= 15 is 0 Å². The van der Waals surface area contributed by atoms with Crippen LogP contribution in [0, 0.1) is 20.8 Å². The molecule has 0 amide bonds. The van der Waals surface area contributed by atoms with Gasteiger partial charge in [0.05, 0.1) is 0 Å². The molecule has 0 saturated heterocycles. The van der Waals surface area contributed by atoms with Gasteiger partial charge in [-0.2, -0.15) is 4.98 Å². The predicted octanol–water partition coefficient (Wildman–Crippen LogP) is 3.74. The van der Waals surface area contributed by atoms with E-state index in [1.807, 2.05) is 19.1 Å². The Morgan fingerprint density at radius 2 is 1.90 bits per heavy atom. The summed E-state index contributed by atoms with van der Waals surface area (Å²) in [6.07, 6.45) is 1.80. The molecule has 2 N–H and O–H groups in total. The monoisotopic (exact) mass is 268 g/mol. The SMILES string of the molecule is C=CCNc1cc(C)nc(Nc2ccc(C)c(C)c2)n1. The van der Waals surface area contributed by atoms with Crippen molar-refractivity contribution in [1.29, 1.82) is 0 Å². The second-order valence-electron chi connectivity index (χ2n) is 4.81. The van der Waals surface area contributed by atoms with Crippen LogP contribution < -0.4 is 10.6 Å². The van der Waals surface area contributed by atoms with Crippen LogP contribution in [-0.4, -0.2) is 16.5 Å². The molecule has 0 aliphatic carbocycles. The van der Waals surface area contributed by atoms with E-state index in [0.717, 1.165) is 17.2 Å². The van der Waals surface area contributed by atoms with Gasteiger partial charge in [-0.05, 0) is 44.0 Å². The highest BCUT2D eigenvalue weighted by molar-refractivity contribution is 5.57. The lowest BCUT2D eigenvalue weighted by Gasteiger charge is -2.10. The van der Waals surface area contributed by atoms with Gasteiger partial charge in [0.1, 0.15) is 5.82 Å². The molecule has 1 aromatic carbocycles. The second-order valence-corrected chi connectivity index (χ2v) is 4.81. The molecule has 0 aliphatic heterocycles. The van der Waals surface area contributed by atoms with Crippen LogP contribution in [0.15, 0.2) is 36.9 Å². The summed E-state index contributed by atoms with van der Waals surface area (Å²) in [7, 11) is 0. The third kappa shape index (κ3) is 3.57. The molecule has 0 atom stereocenters. The number of rotatable bonds is 5. The maximum atomic E-state index is 4.44. The Balaban J connectivity index is 2.21. The van der Waals surface area contributed by atoms with Gasteiger partial charge in [0, 0.05) is 24.0 Å². The van der Waals surface area contributed by atoms with E-state index in [2.05, 4.69) is 53.2 Å². The third-order valence-electron chi connectivity index (χ3n) is 3.04. The Hall–Kier alpha value is -2.36. The average molecular weight is 268 g/mol. The van der Waals surface area contributed by atoms with Crippen LogP contribution in [0.4, 0.5) is 17.5 Å². The standard InChI is InChI=1S/C16H20N4/c1-5-8-17-15-10-13(4)18-16(20-15)19-14-7-6-11(2)12(3)9-14/h5-7,9-10H,1,8H2,2-4H3,(H2,17,18,19,20). The fourth-order valence-corrected chi connectivity index (χ4v) is 1.84. The van der Waals surface area contributed by atoms with Crippen molar-refractivity contribution in [2.45, 2.75) is 20.8 Å². The van der Waals surface area contributed by atoms with Crippen LogP contribution in [0.5, 0.6) is 0 Å². The molecule has 20 heavy (non-hydrogen) atoms. The van der Waals surface area contributed by atoms with Crippen LogP contribution >= 0.6 is 0 Å². The van der Waals surface area contributed by atoms with Crippen LogP contribution in [0.2, 0.25) is 0 Å². The molecule has 4 heteroatoms. The third-order valence-corrected chi connectivity index (χ3v) is 3.04. The van der Waals surface area contributed by atoms with Gasteiger partial charge in [0.2, 0.25) is 5.95 Å². The van der Waals surface area contributed by atoms with Crippen molar-refractivity contribution in [1.82, 2.24) is 9.97 Å². The lowest BCUT2D eigenvalue weighted by atomic mass is 10.1. The Morgan fingerprint density at radius 1 is 1.10 bits per heavy atom. The van der Waals surface area contributed by atoms with Gasteiger partial charge in [-0.1, -0.05) is 12.1 Å². The summed E-state index contributed by atoms with van der Waals surface area (Å²) < 4.78 is 0. The number of hydrogen-bond donors (Lipinski definition) is 2. The molecule has 104 valence electrons. The van der Waals surface area contributed by atoms with E-state index in [1.54, 1.807) is 6.08 Å². The molecule has 1 heterocycles. The van der Waals surface area contributed by atoms with Crippen molar-refractivity contribution in [2.24, 2.45) is 0 Å². The average Bonchev–Trinajstić information content (AvgIpc) is 2.40. The highest BCUT2D eigenvalue weighted by Crippen LogP contribution is 2.18. The van der Waals surface area contributed by atoms with Crippen molar-refractivity contribution in [2.75, 3.05) is 17.2 Å². The van der Waals surface area contributed by atoms with Gasteiger partial charge in [0.15, 0.2) is 0 Å². The fraction of sp³-hybridized carbons (Fsp3) is 0.250. The first-order valence-corrected chi connectivity index (χ1v) is 6.63. The molecule has 4 nitrogen and oxygen atoms in total. The molecule has 0 fully saturated rings. The molecule has 2 aromatic rings. The number of benzene rings is 1. The van der Waals surface area contributed by atoms with Gasteiger partial charge in [-0.3, -0.25) is 0 Å². The molecule has 0 radical (unpaired) electrons. The maximum absolute atomic E-state index is 4.44. The molecule has 2 rings (SSSR count). The van der Waals surface area contributed by atoms with E-state index in [4.69, 9.17) is 0 Å². The molecular weight excluding hydrogens is 248 g/mol. The van der Waals surface area contributed by atoms with Crippen molar-refractivity contribution >= 4 is 17.5 Å². The molecule has 1 aromatic heterocycles. The summed E-state index contributed by atoms with van der Waals surface area (Å²) in [5.74, 6) is 1.39. The first-order valence-electron chi connectivity index (χ1n) is 6.63. The van der Waals surface area contributed by atoms with Crippen LogP contribution in [0.3, 0.4) is 0 Å². The Kier molecular flexibility index (Phi) is 4.35. The highest BCUT2D eigenvalue weighted by atomic mass is 15.1. The molecule has 0 spiro atoms. The maximum Gasteiger partial charge on any atom is 0.229 e. The summed E-state index contributed by atoms with van der Waals surface area (Å²) in [4.78, 5) is 8.84. The largest absolute Gasteiger partial charge is 0.366 e. The van der Waals surface area contributed by atoms with Crippen molar-refractivity contribution in [3.63, 3.8) is 0 Å². The number of anilines is 3. The normalized spacial score (nSPS) is 10.2. The van der Waals surface area contributed by atoms with Crippen molar-refractivity contribution < 1.29 is 0 Å². The topological polar surface area (TPSA) is 49.8 Å². The molecule has 0 saturated carbocycles. The molecule has 0 bridgehead atoms. The summed E-state index contributed by atoms with van der Waals surface area (Å²) in [6.45, 7) is 10.5. The van der Waals surface area contributed by atoms with Gasteiger partial charge in [0.25, 0.3) is 0 Å². The van der Waals surface area contributed by atoms with E-state index in [0.29, 0.717) is 12.5 Å². The minimum atomic E-state index is 0.597. The summed E-state index contributed by atoms with van der Waals surface area (Å²) in [6, 6.07) is 8.13. The zero-order valence-corrected chi connectivity index (χ0v) is 12.2. The molecule has 0 unspecified atom stereocenters. The zero-order valence-electron chi connectivity index (χ0n) is 12.2.